The Labute approximate surface area is 121 Å². The van der Waals surface area contributed by atoms with Crippen molar-refractivity contribution in [2.45, 2.75) is 20.3 Å². The third-order valence-electron chi connectivity index (χ3n) is 2.83. The van der Waals surface area contributed by atoms with E-state index in [9.17, 15) is 9.59 Å². The molecule has 1 amide bonds. The maximum absolute atomic E-state index is 11.9. The number of hydrogen-bond acceptors (Lipinski definition) is 4. The van der Waals surface area contributed by atoms with Crippen molar-refractivity contribution in [1.29, 1.82) is 0 Å². The number of benzene rings is 1. The predicted molar refractivity (Wildman–Crippen MR) is 77.5 cm³/mol. The van der Waals surface area contributed by atoms with Crippen molar-refractivity contribution in [1.82, 2.24) is 5.48 Å². The Morgan fingerprint density at radius 3 is 2.50 bits per heavy atom. The standard InChI is InChI=1S/C15H15NO3S/c1-10-9-20-11(2)14(10)15(18)19-16-13(17)8-12-6-4-3-5-7-12/h3-7,9H,8H2,1-2H3,(H,16,17). The molecule has 0 aliphatic carbocycles. The molecule has 0 unspecified atom stereocenters. The number of rotatable bonds is 3. The second-order valence-corrected chi connectivity index (χ2v) is 5.51. The van der Waals surface area contributed by atoms with Crippen LogP contribution in [0.5, 0.6) is 0 Å². The van der Waals surface area contributed by atoms with Crippen molar-refractivity contribution in [2.75, 3.05) is 0 Å². The highest BCUT2D eigenvalue weighted by molar-refractivity contribution is 7.10. The minimum absolute atomic E-state index is 0.176. The van der Waals surface area contributed by atoms with Crippen LogP contribution in [0.2, 0.25) is 0 Å². The Balaban J connectivity index is 1.89. The molecule has 5 heteroatoms. The third-order valence-corrected chi connectivity index (χ3v) is 3.86. The van der Waals surface area contributed by atoms with Crippen molar-refractivity contribution in [3.05, 3.63) is 57.3 Å². The molecule has 2 rings (SSSR count). The number of carbonyl (C=O) groups excluding carboxylic acids is 2. The van der Waals surface area contributed by atoms with Gasteiger partial charge in [0.25, 0.3) is 5.91 Å². The van der Waals surface area contributed by atoms with Gasteiger partial charge in [0.2, 0.25) is 0 Å². The molecule has 0 saturated carbocycles. The topological polar surface area (TPSA) is 55.4 Å². The van der Waals surface area contributed by atoms with Gasteiger partial charge in [0.05, 0.1) is 12.0 Å². The summed E-state index contributed by atoms with van der Waals surface area (Å²) in [4.78, 5) is 29.3. The van der Waals surface area contributed by atoms with Gasteiger partial charge in [-0.1, -0.05) is 30.3 Å². The summed E-state index contributed by atoms with van der Waals surface area (Å²) in [6.45, 7) is 3.69. The van der Waals surface area contributed by atoms with Crippen LogP contribution in [0.4, 0.5) is 0 Å². The minimum Gasteiger partial charge on any atom is -0.335 e. The largest absolute Gasteiger partial charge is 0.364 e. The quantitative estimate of drug-likeness (QED) is 0.884. The zero-order valence-electron chi connectivity index (χ0n) is 11.3. The molecule has 0 radical (unpaired) electrons. The fourth-order valence-electron chi connectivity index (χ4n) is 1.85. The molecular formula is C15H15NO3S. The molecule has 0 spiro atoms. The SMILES string of the molecule is Cc1csc(C)c1C(=O)ONC(=O)Cc1ccccc1. The van der Waals surface area contributed by atoms with E-state index < -0.39 is 5.97 Å². The van der Waals surface area contributed by atoms with E-state index in [1.54, 1.807) is 0 Å². The Morgan fingerprint density at radius 1 is 1.20 bits per heavy atom. The van der Waals surface area contributed by atoms with Crippen LogP contribution in [0, 0.1) is 13.8 Å². The smallest absolute Gasteiger partial charge is 0.335 e. The molecule has 104 valence electrons. The van der Waals surface area contributed by atoms with Crippen LogP contribution in [-0.2, 0) is 16.1 Å². The van der Waals surface area contributed by atoms with Crippen LogP contribution in [0.1, 0.15) is 26.4 Å². The molecule has 1 aromatic heterocycles. The van der Waals surface area contributed by atoms with Crippen molar-refractivity contribution in [2.24, 2.45) is 0 Å². The van der Waals surface area contributed by atoms with Crippen LogP contribution >= 0.6 is 11.3 Å². The monoisotopic (exact) mass is 289 g/mol. The van der Waals surface area contributed by atoms with Gasteiger partial charge in [-0.3, -0.25) is 4.79 Å². The summed E-state index contributed by atoms with van der Waals surface area (Å²) >= 11 is 1.48. The van der Waals surface area contributed by atoms with Gasteiger partial charge in [0.1, 0.15) is 0 Å². The van der Waals surface area contributed by atoms with E-state index in [2.05, 4.69) is 5.48 Å². The first-order valence-electron chi connectivity index (χ1n) is 6.16. The summed E-state index contributed by atoms with van der Waals surface area (Å²) in [6, 6.07) is 9.27. The lowest BCUT2D eigenvalue weighted by Crippen LogP contribution is -2.28. The zero-order valence-corrected chi connectivity index (χ0v) is 12.1. The fraction of sp³-hybridized carbons (Fsp3) is 0.200. The molecule has 0 atom stereocenters. The summed E-state index contributed by atoms with van der Waals surface area (Å²) in [5.41, 5.74) is 4.43. The highest BCUT2D eigenvalue weighted by Crippen LogP contribution is 2.21. The number of nitrogens with one attached hydrogen (secondary N) is 1. The molecule has 4 nitrogen and oxygen atoms in total. The Hall–Kier alpha value is -2.14. The molecule has 20 heavy (non-hydrogen) atoms. The number of carbonyl (C=O) groups is 2. The molecule has 0 bridgehead atoms. The average Bonchev–Trinajstić information content (AvgIpc) is 2.77. The average molecular weight is 289 g/mol. The normalized spacial score (nSPS) is 10.1. The van der Waals surface area contributed by atoms with Crippen molar-refractivity contribution in [3.8, 4) is 0 Å². The second kappa shape index (κ2) is 6.34. The molecule has 1 aromatic carbocycles. The fourth-order valence-corrected chi connectivity index (χ4v) is 2.68. The lowest BCUT2D eigenvalue weighted by atomic mass is 10.1. The van der Waals surface area contributed by atoms with Crippen LogP contribution in [-0.4, -0.2) is 11.9 Å². The lowest BCUT2D eigenvalue weighted by Gasteiger charge is -2.06. The summed E-state index contributed by atoms with van der Waals surface area (Å²) in [5.74, 6) is -0.877. The molecule has 1 heterocycles. The second-order valence-electron chi connectivity index (χ2n) is 4.43. The van der Waals surface area contributed by atoms with Crippen LogP contribution in [0.25, 0.3) is 0 Å². The molecular weight excluding hydrogens is 274 g/mol. The Morgan fingerprint density at radius 2 is 1.90 bits per heavy atom. The Bertz CT molecular complexity index is 600. The van der Waals surface area contributed by atoms with Crippen molar-refractivity contribution >= 4 is 23.2 Å². The maximum Gasteiger partial charge on any atom is 0.364 e. The summed E-state index contributed by atoms with van der Waals surface area (Å²) in [6.07, 6.45) is 0.176. The van der Waals surface area contributed by atoms with E-state index in [4.69, 9.17) is 4.84 Å². The predicted octanol–water partition coefficient (Wildman–Crippen LogP) is 2.80. The van der Waals surface area contributed by atoms with E-state index in [1.807, 2.05) is 49.6 Å². The lowest BCUT2D eigenvalue weighted by molar-refractivity contribution is -0.129. The van der Waals surface area contributed by atoms with Gasteiger partial charge >= 0.3 is 5.97 Å². The summed E-state index contributed by atoms with van der Waals surface area (Å²) in [5, 5.41) is 1.89. The van der Waals surface area contributed by atoms with E-state index in [-0.39, 0.29) is 12.3 Å². The third kappa shape index (κ3) is 3.45. The van der Waals surface area contributed by atoms with E-state index in [0.29, 0.717) is 5.56 Å². The van der Waals surface area contributed by atoms with Crippen molar-refractivity contribution in [3.63, 3.8) is 0 Å². The van der Waals surface area contributed by atoms with E-state index >= 15 is 0 Å². The van der Waals surface area contributed by atoms with E-state index in [0.717, 1.165) is 16.0 Å². The highest BCUT2D eigenvalue weighted by atomic mass is 32.1. The molecule has 0 fully saturated rings. The van der Waals surface area contributed by atoms with E-state index in [1.165, 1.54) is 11.3 Å². The van der Waals surface area contributed by atoms with Gasteiger partial charge in [0, 0.05) is 4.88 Å². The number of hydrogen-bond donors (Lipinski definition) is 1. The number of thiophene rings is 1. The van der Waals surface area contributed by atoms with Crippen LogP contribution in [0.15, 0.2) is 35.7 Å². The zero-order chi connectivity index (χ0) is 14.5. The first-order valence-corrected chi connectivity index (χ1v) is 7.04. The summed E-state index contributed by atoms with van der Waals surface area (Å²) in [7, 11) is 0. The van der Waals surface area contributed by atoms with Crippen molar-refractivity contribution < 1.29 is 14.4 Å². The molecule has 2 aromatic rings. The number of amides is 1. The van der Waals surface area contributed by atoms with Crippen LogP contribution in [0.3, 0.4) is 0 Å². The maximum atomic E-state index is 11.9. The molecule has 0 aliphatic heterocycles. The first-order chi connectivity index (χ1) is 9.58. The highest BCUT2D eigenvalue weighted by Gasteiger charge is 2.16. The Kier molecular flexibility index (Phi) is 4.53. The van der Waals surface area contributed by atoms with Crippen LogP contribution < -0.4 is 5.48 Å². The van der Waals surface area contributed by atoms with Gasteiger partial charge in [-0.2, -0.15) is 5.48 Å². The summed E-state index contributed by atoms with van der Waals surface area (Å²) < 4.78 is 0. The van der Waals surface area contributed by atoms with Gasteiger partial charge in [0.15, 0.2) is 0 Å². The molecule has 1 N–H and O–H groups in total. The van der Waals surface area contributed by atoms with Gasteiger partial charge in [-0.05, 0) is 30.4 Å². The number of aryl methyl sites for hydroxylation is 2. The minimum atomic E-state index is -0.525. The first kappa shape index (κ1) is 14.3. The number of hydroxylamine groups is 1. The molecule has 0 aliphatic rings. The van der Waals surface area contributed by atoms with Gasteiger partial charge < -0.3 is 4.84 Å². The van der Waals surface area contributed by atoms with Gasteiger partial charge in [-0.25, -0.2) is 4.79 Å². The molecule has 0 saturated heterocycles. The van der Waals surface area contributed by atoms with Gasteiger partial charge in [-0.15, -0.1) is 11.3 Å².